The van der Waals surface area contributed by atoms with E-state index in [1.807, 2.05) is 19.2 Å². The fourth-order valence-corrected chi connectivity index (χ4v) is 2.36. The summed E-state index contributed by atoms with van der Waals surface area (Å²) in [5.74, 6) is 0.526. The van der Waals surface area contributed by atoms with E-state index in [1.165, 1.54) is 12.1 Å². The number of hydrogen-bond donors (Lipinski definition) is 1. The molecule has 1 atom stereocenters. The Morgan fingerprint density at radius 3 is 2.50 bits per heavy atom. The van der Waals surface area contributed by atoms with Crippen molar-refractivity contribution in [3.8, 4) is 5.75 Å². The molecule has 1 unspecified atom stereocenters. The Kier molecular flexibility index (Phi) is 4.99. The monoisotopic (exact) mass is 293 g/mol. The lowest BCUT2D eigenvalue weighted by molar-refractivity contribution is 0.401. The maximum atomic E-state index is 12.9. The molecule has 20 heavy (non-hydrogen) atoms. The van der Waals surface area contributed by atoms with Gasteiger partial charge in [0.2, 0.25) is 0 Å². The minimum Gasteiger partial charge on any atom is -0.496 e. The molecule has 0 aliphatic heterocycles. The number of ether oxygens (including phenoxy) is 1. The maximum Gasteiger partial charge on any atom is 0.125 e. The molecule has 0 aromatic heterocycles. The smallest absolute Gasteiger partial charge is 0.125 e. The molecule has 0 saturated carbocycles. The molecule has 0 aliphatic rings. The van der Waals surface area contributed by atoms with E-state index in [2.05, 4.69) is 5.32 Å². The van der Waals surface area contributed by atoms with E-state index in [9.17, 15) is 4.39 Å². The van der Waals surface area contributed by atoms with Gasteiger partial charge in [0, 0.05) is 16.6 Å². The number of halogens is 2. The van der Waals surface area contributed by atoms with Crippen LogP contribution in [0.15, 0.2) is 42.5 Å². The summed E-state index contributed by atoms with van der Waals surface area (Å²) in [6, 6.07) is 12.2. The van der Waals surface area contributed by atoms with Gasteiger partial charge in [0.25, 0.3) is 0 Å². The lowest BCUT2D eigenvalue weighted by atomic mass is 9.98. The fraction of sp³-hybridized carbons (Fsp3) is 0.250. The van der Waals surface area contributed by atoms with Gasteiger partial charge in [-0.05, 0) is 43.3 Å². The molecule has 2 rings (SSSR count). The van der Waals surface area contributed by atoms with Gasteiger partial charge in [-0.15, -0.1) is 0 Å². The first-order chi connectivity index (χ1) is 9.63. The zero-order valence-corrected chi connectivity index (χ0v) is 12.2. The molecule has 0 radical (unpaired) electrons. The van der Waals surface area contributed by atoms with Crippen LogP contribution in [0, 0.1) is 5.82 Å². The van der Waals surface area contributed by atoms with Gasteiger partial charge in [0.15, 0.2) is 0 Å². The Morgan fingerprint density at radius 2 is 1.90 bits per heavy atom. The lowest BCUT2D eigenvalue weighted by Crippen LogP contribution is -2.19. The van der Waals surface area contributed by atoms with Crippen LogP contribution < -0.4 is 10.1 Å². The van der Waals surface area contributed by atoms with E-state index in [1.54, 1.807) is 25.3 Å². The molecule has 2 nitrogen and oxygen atoms in total. The molecule has 0 saturated heterocycles. The fourth-order valence-electron chi connectivity index (χ4n) is 2.20. The van der Waals surface area contributed by atoms with Crippen molar-refractivity contribution in [3.63, 3.8) is 0 Å². The van der Waals surface area contributed by atoms with Crippen molar-refractivity contribution in [1.29, 1.82) is 0 Å². The number of hydrogen-bond acceptors (Lipinski definition) is 2. The first kappa shape index (κ1) is 14.8. The van der Waals surface area contributed by atoms with Crippen LogP contribution >= 0.6 is 11.6 Å². The van der Waals surface area contributed by atoms with Crippen molar-refractivity contribution in [2.75, 3.05) is 14.2 Å². The van der Waals surface area contributed by atoms with Gasteiger partial charge in [0.1, 0.15) is 11.6 Å². The third-order valence-electron chi connectivity index (χ3n) is 3.27. The third kappa shape index (κ3) is 3.50. The van der Waals surface area contributed by atoms with Crippen molar-refractivity contribution in [2.45, 2.75) is 12.5 Å². The summed E-state index contributed by atoms with van der Waals surface area (Å²) in [4.78, 5) is 0. The zero-order valence-electron chi connectivity index (χ0n) is 11.5. The summed E-state index contributed by atoms with van der Waals surface area (Å²) in [6.07, 6.45) is 0.745. The summed E-state index contributed by atoms with van der Waals surface area (Å²) >= 11 is 5.98. The highest BCUT2D eigenvalue weighted by atomic mass is 35.5. The Labute approximate surface area is 123 Å². The van der Waals surface area contributed by atoms with E-state index in [4.69, 9.17) is 16.3 Å². The van der Waals surface area contributed by atoms with E-state index in [0.717, 1.165) is 23.3 Å². The summed E-state index contributed by atoms with van der Waals surface area (Å²) in [6.45, 7) is 0. The van der Waals surface area contributed by atoms with Crippen LogP contribution in [0.3, 0.4) is 0 Å². The molecule has 106 valence electrons. The standard InChI is InChI=1S/C16H17ClFNO/c1-19-15(9-11-3-6-13(18)7-4-11)14-8-5-12(17)10-16(14)20-2/h3-8,10,15,19H,9H2,1-2H3. The molecule has 0 amide bonds. The highest BCUT2D eigenvalue weighted by Gasteiger charge is 2.15. The normalized spacial score (nSPS) is 12.2. The Morgan fingerprint density at radius 1 is 1.20 bits per heavy atom. The van der Waals surface area contributed by atoms with Crippen LogP contribution in [0.4, 0.5) is 4.39 Å². The Hall–Kier alpha value is -1.58. The summed E-state index contributed by atoms with van der Waals surface area (Å²) in [5.41, 5.74) is 2.09. The average molecular weight is 294 g/mol. The van der Waals surface area contributed by atoms with Gasteiger partial charge in [-0.3, -0.25) is 0 Å². The maximum absolute atomic E-state index is 12.9. The molecule has 1 N–H and O–H groups in total. The van der Waals surface area contributed by atoms with Gasteiger partial charge in [-0.1, -0.05) is 29.8 Å². The second kappa shape index (κ2) is 6.73. The quantitative estimate of drug-likeness (QED) is 0.900. The van der Waals surface area contributed by atoms with Crippen LogP contribution in [0.2, 0.25) is 5.02 Å². The Balaban J connectivity index is 2.26. The van der Waals surface area contributed by atoms with E-state index < -0.39 is 0 Å². The van der Waals surface area contributed by atoms with Crippen molar-refractivity contribution in [1.82, 2.24) is 5.32 Å². The SMILES string of the molecule is CNC(Cc1ccc(F)cc1)c1ccc(Cl)cc1OC. The van der Waals surface area contributed by atoms with Gasteiger partial charge in [-0.25, -0.2) is 4.39 Å². The number of methoxy groups -OCH3 is 1. The minimum atomic E-state index is -0.223. The zero-order chi connectivity index (χ0) is 14.5. The number of likely N-dealkylation sites (N-methyl/N-ethyl adjacent to an activating group) is 1. The second-order valence-corrected chi connectivity index (χ2v) is 4.99. The molecule has 0 heterocycles. The van der Waals surface area contributed by atoms with Crippen LogP contribution in [0.25, 0.3) is 0 Å². The molecular weight excluding hydrogens is 277 g/mol. The first-order valence-corrected chi connectivity index (χ1v) is 6.77. The highest BCUT2D eigenvalue weighted by molar-refractivity contribution is 6.30. The van der Waals surface area contributed by atoms with Crippen molar-refractivity contribution in [3.05, 3.63) is 64.4 Å². The van der Waals surface area contributed by atoms with E-state index in [-0.39, 0.29) is 11.9 Å². The number of rotatable bonds is 5. The van der Waals surface area contributed by atoms with Crippen LogP contribution in [0.1, 0.15) is 17.2 Å². The molecule has 0 bridgehead atoms. The van der Waals surface area contributed by atoms with Gasteiger partial charge >= 0.3 is 0 Å². The summed E-state index contributed by atoms with van der Waals surface area (Å²) < 4.78 is 18.3. The van der Waals surface area contributed by atoms with Gasteiger partial charge in [-0.2, -0.15) is 0 Å². The van der Waals surface area contributed by atoms with Crippen molar-refractivity contribution in [2.24, 2.45) is 0 Å². The van der Waals surface area contributed by atoms with Crippen LogP contribution in [-0.2, 0) is 6.42 Å². The predicted molar refractivity (Wildman–Crippen MR) is 79.9 cm³/mol. The topological polar surface area (TPSA) is 21.3 Å². The third-order valence-corrected chi connectivity index (χ3v) is 3.51. The Bertz CT molecular complexity index is 571. The molecule has 0 aliphatic carbocycles. The second-order valence-electron chi connectivity index (χ2n) is 4.56. The van der Waals surface area contributed by atoms with Crippen molar-refractivity contribution >= 4 is 11.6 Å². The molecule has 0 spiro atoms. The molecule has 2 aromatic rings. The van der Waals surface area contributed by atoms with Crippen LogP contribution in [-0.4, -0.2) is 14.2 Å². The van der Waals surface area contributed by atoms with Gasteiger partial charge in [0.05, 0.1) is 7.11 Å². The van der Waals surface area contributed by atoms with Crippen molar-refractivity contribution < 1.29 is 9.13 Å². The molecule has 2 aromatic carbocycles. The largest absolute Gasteiger partial charge is 0.496 e. The highest BCUT2D eigenvalue weighted by Crippen LogP contribution is 2.30. The molecule has 0 fully saturated rings. The molecular formula is C16H17ClFNO. The number of nitrogens with one attached hydrogen (secondary N) is 1. The first-order valence-electron chi connectivity index (χ1n) is 6.39. The average Bonchev–Trinajstić information content (AvgIpc) is 2.47. The molecule has 4 heteroatoms. The summed E-state index contributed by atoms with van der Waals surface area (Å²) in [5, 5.41) is 3.90. The van der Waals surface area contributed by atoms with E-state index in [0.29, 0.717) is 5.02 Å². The lowest BCUT2D eigenvalue weighted by Gasteiger charge is -2.19. The predicted octanol–water partition coefficient (Wildman–Crippen LogP) is 3.99. The minimum absolute atomic E-state index is 0.0766. The van der Waals surface area contributed by atoms with E-state index >= 15 is 0 Å². The summed E-state index contributed by atoms with van der Waals surface area (Å²) in [7, 11) is 3.52. The number of benzene rings is 2. The van der Waals surface area contributed by atoms with Gasteiger partial charge < -0.3 is 10.1 Å². The van der Waals surface area contributed by atoms with Crippen LogP contribution in [0.5, 0.6) is 5.75 Å².